The third-order valence-electron chi connectivity index (χ3n) is 1.94. The van der Waals surface area contributed by atoms with Crippen molar-refractivity contribution in [2.24, 2.45) is 0 Å². The number of halogens is 1. The van der Waals surface area contributed by atoms with E-state index in [0.29, 0.717) is 11.3 Å². The second-order valence-corrected chi connectivity index (χ2v) is 3.15. The quantitative estimate of drug-likeness (QED) is 0.740. The lowest BCUT2D eigenvalue weighted by atomic mass is 10.1. The van der Waals surface area contributed by atoms with Crippen LogP contribution in [0.25, 0.3) is 0 Å². The molecule has 1 unspecified atom stereocenters. The normalized spacial score (nSPS) is 12.2. The van der Waals surface area contributed by atoms with Crippen LogP contribution in [-0.2, 0) is 4.79 Å². The molecule has 0 amide bonds. The van der Waals surface area contributed by atoms with Crippen molar-refractivity contribution in [3.05, 3.63) is 29.8 Å². The molecule has 1 aromatic carbocycles. The zero-order valence-electron chi connectivity index (χ0n) is 8.29. The average Bonchev–Trinajstić information content (AvgIpc) is 2.17. The van der Waals surface area contributed by atoms with E-state index in [9.17, 15) is 9.18 Å². The molecule has 76 valence electrons. The molecule has 0 N–H and O–H groups in total. The molecule has 1 atom stereocenters. The summed E-state index contributed by atoms with van der Waals surface area (Å²) in [7, 11) is 1.55. The van der Waals surface area contributed by atoms with E-state index >= 15 is 0 Å². The summed E-state index contributed by atoms with van der Waals surface area (Å²) in [5.74, 6) is 0.539. The lowest BCUT2D eigenvalue weighted by Gasteiger charge is -2.06. The van der Waals surface area contributed by atoms with Gasteiger partial charge >= 0.3 is 0 Å². The predicted molar refractivity (Wildman–Crippen MR) is 52.1 cm³/mol. The van der Waals surface area contributed by atoms with Gasteiger partial charge in [0.05, 0.1) is 7.11 Å². The number of Topliss-reactive ketones (excluding diaryl/α,β-unsaturated/α-hetero) is 1. The van der Waals surface area contributed by atoms with Crippen LogP contribution in [0.1, 0.15) is 25.1 Å². The van der Waals surface area contributed by atoms with E-state index in [4.69, 9.17) is 4.74 Å². The minimum atomic E-state index is -1.21. The van der Waals surface area contributed by atoms with E-state index in [1.165, 1.54) is 6.92 Å². The molecule has 0 spiro atoms. The number of rotatable bonds is 4. The van der Waals surface area contributed by atoms with Crippen molar-refractivity contribution in [3.63, 3.8) is 0 Å². The van der Waals surface area contributed by atoms with E-state index in [0.717, 1.165) is 0 Å². The van der Waals surface area contributed by atoms with Crippen molar-refractivity contribution in [3.8, 4) is 5.75 Å². The summed E-state index contributed by atoms with van der Waals surface area (Å²) in [5.41, 5.74) is 0.515. The molecule has 3 heteroatoms. The van der Waals surface area contributed by atoms with Gasteiger partial charge < -0.3 is 4.74 Å². The monoisotopic (exact) mass is 196 g/mol. The fourth-order valence-electron chi connectivity index (χ4n) is 1.18. The lowest BCUT2D eigenvalue weighted by Crippen LogP contribution is -1.98. The number of alkyl halides is 1. The standard InChI is InChI=1S/C11H13FO2/c1-8(13)7-11(12)9-3-5-10(14-2)6-4-9/h3-6,11H,7H2,1-2H3. The van der Waals surface area contributed by atoms with E-state index in [2.05, 4.69) is 0 Å². The number of carbonyl (C=O) groups excluding carboxylic acids is 1. The topological polar surface area (TPSA) is 26.3 Å². The van der Waals surface area contributed by atoms with Crippen LogP contribution in [0.5, 0.6) is 5.75 Å². The summed E-state index contributed by atoms with van der Waals surface area (Å²) in [5, 5.41) is 0. The van der Waals surface area contributed by atoms with Crippen molar-refractivity contribution in [1.29, 1.82) is 0 Å². The van der Waals surface area contributed by atoms with Crippen LogP contribution >= 0.6 is 0 Å². The summed E-state index contributed by atoms with van der Waals surface area (Å²) in [6, 6.07) is 6.63. The minimum absolute atomic E-state index is 0.0632. The van der Waals surface area contributed by atoms with Crippen molar-refractivity contribution < 1.29 is 13.9 Å². The average molecular weight is 196 g/mol. The Morgan fingerprint density at radius 1 is 1.43 bits per heavy atom. The molecule has 0 aliphatic heterocycles. The molecule has 0 aromatic heterocycles. The highest BCUT2D eigenvalue weighted by Crippen LogP contribution is 2.23. The number of benzene rings is 1. The van der Waals surface area contributed by atoms with Crippen LogP contribution in [0.3, 0.4) is 0 Å². The number of methoxy groups -OCH3 is 1. The lowest BCUT2D eigenvalue weighted by molar-refractivity contribution is -0.118. The van der Waals surface area contributed by atoms with Gasteiger partial charge in [0, 0.05) is 6.42 Å². The van der Waals surface area contributed by atoms with Gasteiger partial charge in [-0.1, -0.05) is 12.1 Å². The molecule has 1 rings (SSSR count). The highest BCUT2D eigenvalue weighted by molar-refractivity contribution is 5.76. The predicted octanol–water partition coefficient (Wildman–Crippen LogP) is 2.68. The van der Waals surface area contributed by atoms with E-state index in [1.54, 1.807) is 31.4 Å². The largest absolute Gasteiger partial charge is 0.497 e. The van der Waals surface area contributed by atoms with Crippen LogP contribution in [0.4, 0.5) is 4.39 Å². The number of carbonyl (C=O) groups is 1. The molecule has 0 bridgehead atoms. The van der Waals surface area contributed by atoms with Gasteiger partial charge in [0.1, 0.15) is 17.7 Å². The van der Waals surface area contributed by atoms with Gasteiger partial charge in [0.15, 0.2) is 0 Å². The highest BCUT2D eigenvalue weighted by atomic mass is 19.1. The first kappa shape index (κ1) is 10.7. The van der Waals surface area contributed by atoms with Crippen molar-refractivity contribution in [2.45, 2.75) is 19.5 Å². The summed E-state index contributed by atoms with van der Waals surface area (Å²) in [4.78, 5) is 10.7. The Morgan fingerprint density at radius 2 is 2.00 bits per heavy atom. The number of ether oxygens (including phenoxy) is 1. The molecule has 0 fully saturated rings. The fourth-order valence-corrected chi connectivity index (χ4v) is 1.18. The maximum absolute atomic E-state index is 13.4. The maximum atomic E-state index is 13.4. The minimum Gasteiger partial charge on any atom is -0.497 e. The first-order valence-electron chi connectivity index (χ1n) is 4.41. The van der Waals surface area contributed by atoms with Gasteiger partial charge in [0.25, 0.3) is 0 Å². The smallest absolute Gasteiger partial charge is 0.133 e. The molecule has 0 heterocycles. The number of ketones is 1. The first-order valence-corrected chi connectivity index (χ1v) is 4.41. The molecule has 1 aromatic rings. The molecule has 0 saturated carbocycles. The van der Waals surface area contributed by atoms with Crippen LogP contribution in [0, 0.1) is 0 Å². The van der Waals surface area contributed by atoms with Gasteiger partial charge in [-0.25, -0.2) is 4.39 Å². The second-order valence-electron chi connectivity index (χ2n) is 3.15. The SMILES string of the molecule is COc1ccc(C(F)CC(C)=O)cc1. The third-order valence-corrected chi connectivity index (χ3v) is 1.94. The van der Waals surface area contributed by atoms with Crippen molar-refractivity contribution >= 4 is 5.78 Å². The summed E-state index contributed by atoms with van der Waals surface area (Å²) >= 11 is 0. The molecular formula is C11H13FO2. The molecule has 14 heavy (non-hydrogen) atoms. The van der Waals surface area contributed by atoms with E-state index in [-0.39, 0.29) is 12.2 Å². The Kier molecular flexibility index (Phi) is 3.63. The maximum Gasteiger partial charge on any atom is 0.133 e. The Labute approximate surface area is 82.7 Å². The first-order chi connectivity index (χ1) is 6.63. The van der Waals surface area contributed by atoms with Crippen LogP contribution < -0.4 is 4.74 Å². The Hall–Kier alpha value is -1.38. The molecule has 0 aliphatic carbocycles. The number of hydrogen-bond acceptors (Lipinski definition) is 2. The molecular weight excluding hydrogens is 183 g/mol. The van der Waals surface area contributed by atoms with Gasteiger partial charge in [0.2, 0.25) is 0 Å². The Morgan fingerprint density at radius 3 is 2.43 bits per heavy atom. The van der Waals surface area contributed by atoms with Crippen LogP contribution in [0.2, 0.25) is 0 Å². The van der Waals surface area contributed by atoms with E-state index < -0.39 is 6.17 Å². The van der Waals surface area contributed by atoms with E-state index in [1.807, 2.05) is 0 Å². The van der Waals surface area contributed by atoms with Crippen molar-refractivity contribution in [2.75, 3.05) is 7.11 Å². The molecule has 0 saturated heterocycles. The van der Waals surface area contributed by atoms with Gasteiger partial charge in [-0.3, -0.25) is 4.79 Å². The van der Waals surface area contributed by atoms with Crippen LogP contribution in [0.15, 0.2) is 24.3 Å². The zero-order chi connectivity index (χ0) is 10.6. The summed E-state index contributed by atoms with van der Waals surface area (Å²) < 4.78 is 18.3. The van der Waals surface area contributed by atoms with Gasteiger partial charge in [-0.2, -0.15) is 0 Å². The number of hydrogen-bond donors (Lipinski definition) is 0. The third kappa shape index (κ3) is 2.83. The Bertz CT molecular complexity index is 306. The summed E-state index contributed by atoms with van der Waals surface area (Å²) in [6.07, 6.45) is -1.27. The molecule has 2 nitrogen and oxygen atoms in total. The highest BCUT2D eigenvalue weighted by Gasteiger charge is 2.11. The Balaban J connectivity index is 2.71. The van der Waals surface area contributed by atoms with Crippen molar-refractivity contribution in [1.82, 2.24) is 0 Å². The van der Waals surface area contributed by atoms with Crippen LogP contribution in [-0.4, -0.2) is 12.9 Å². The van der Waals surface area contributed by atoms with Gasteiger partial charge in [-0.15, -0.1) is 0 Å². The molecule has 0 aliphatic rings. The zero-order valence-corrected chi connectivity index (χ0v) is 8.29. The molecule has 0 radical (unpaired) electrons. The summed E-state index contributed by atoms with van der Waals surface area (Å²) in [6.45, 7) is 1.39. The van der Waals surface area contributed by atoms with Gasteiger partial charge in [-0.05, 0) is 24.6 Å². The fraction of sp³-hybridized carbons (Fsp3) is 0.364. The second kappa shape index (κ2) is 4.74.